The van der Waals surface area contributed by atoms with E-state index >= 15 is 0 Å². The van der Waals surface area contributed by atoms with E-state index in [4.69, 9.17) is 4.74 Å². The molecule has 5 heteroatoms. The van der Waals surface area contributed by atoms with Gasteiger partial charge in [-0.15, -0.1) is 0 Å². The summed E-state index contributed by atoms with van der Waals surface area (Å²) < 4.78 is 31.4. The number of pyridine rings is 1. The maximum absolute atomic E-state index is 13.3. The van der Waals surface area contributed by atoms with Gasteiger partial charge in [-0.2, -0.15) is 4.39 Å². The van der Waals surface area contributed by atoms with Crippen LogP contribution in [0.3, 0.4) is 0 Å². The van der Waals surface area contributed by atoms with Gasteiger partial charge in [0.2, 0.25) is 5.82 Å². The molecule has 92 valence electrons. The fraction of sp³-hybridized carbons (Fsp3) is 0.0769. The number of carbonyl (C=O) groups is 1. The molecule has 0 saturated carbocycles. The Bertz CT molecular complexity index is 582. The lowest BCUT2D eigenvalue weighted by Gasteiger charge is -2.06. The van der Waals surface area contributed by atoms with Crippen molar-refractivity contribution in [3.05, 3.63) is 53.9 Å². The zero-order valence-electron chi connectivity index (χ0n) is 9.48. The van der Waals surface area contributed by atoms with Crippen molar-refractivity contribution in [3.8, 4) is 11.5 Å². The Morgan fingerprint density at radius 2 is 2.00 bits per heavy atom. The van der Waals surface area contributed by atoms with E-state index in [1.165, 1.54) is 37.4 Å². The lowest BCUT2D eigenvalue weighted by molar-refractivity contribution is 0.101. The van der Waals surface area contributed by atoms with E-state index < -0.39 is 11.6 Å². The monoisotopic (exact) mass is 249 g/mol. The molecule has 18 heavy (non-hydrogen) atoms. The molecule has 0 aliphatic carbocycles. The van der Waals surface area contributed by atoms with Crippen molar-refractivity contribution in [2.24, 2.45) is 0 Å². The first kappa shape index (κ1) is 12.2. The molecule has 1 heterocycles. The molecule has 0 radical (unpaired) electrons. The number of halogens is 2. The first-order valence-corrected chi connectivity index (χ1v) is 5.17. The van der Waals surface area contributed by atoms with E-state index in [1.54, 1.807) is 0 Å². The molecule has 1 aromatic heterocycles. The predicted molar refractivity (Wildman–Crippen MR) is 60.7 cm³/mol. The lowest BCUT2D eigenvalue weighted by Crippen LogP contribution is -1.97. The molecule has 0 N–H and O–H groups in total. The van der Waals surface area contributed by atoms with Crippen LogP contribution >= 0.6 is 0 Å². The van der Waals surface area contributed by atoms with Gasteiger partial charge in [-0.25, -0.2) is 9.37 Å². The number of aromatic nitrogens is 1. The van der Waals surface area contributed by atoms with Gasteiger partial charge in [-0.1, -0.05) is 6.07 Å². The van der Waals surface area contributed by atoms with Gasteiger partial charge in [0.25, 0.3) is 0 Å². The van der Waals surface area contributed by atoms with Crippen molar-refractivity contribution in [1.82, 2.24) is 4.98 Å². The number of ether oxygens (including phenoxy) is 1. The van der Waals surface area contributed by atoms with Gasteiger partial charge in [-0.05, 0) is 24.3 Å². The second-order valence-electron chi connectivity index (χ2n) is 3.59. The minimum atomic E-state index is -1.06. The highest BCUT2D eigenvalue weighted by Gasteiger charge is 2.10. The summed E-state index contributed by atoms with van der Waals surface area (Å²) in [6, 6.07) is 6.56. The van der Waals surface area contributed by atoms with Crippen LogP contribution in [0.1, 0.15) is 17.4 Å². The van der Waals surface area contributed by atoms with Crippen LogP contribution in [0.25, 0.3) is 0 Å². The third-order valence-electron chi connectivity index (χ3n) is 2.24. The van der Waals surface area contributed by atoms with Crippen molar-refractivity contribution < 1.29 is 18.3 Å². The summed E-state index contributed by atoms with van der Waals surface area (Å²) >= 11 is 0. The summed E-state index contributed by atoms with van der Waals surface area (Å²) in [4.78, 5) is 14.8. The zero-order valence-corrected chi connectivity index (χ0v) is 9.48. The number of Topliss-reactive ketones (excluding diaryl/α,β-unsaturated/α-hetero) is 1. The number of rotatable bonds is 3. The number of hydrogen-bond acceptors (Lipinski definition) is 3. The second-order valence-corrected chi connectivity index (χ2v) is 3.59. The minimum absolute atomic E-state index is 0.182. The zero-order chi connectivity index (χ0) is 13.1. The fourth-order valence-corrected chi connectivity index (χ4v) is 1.34. The molecule has 0 aliphatic heterocycles. The van der Waals surface area contributed by atoms with Gasteiger partial charge in [0.05, 0.1) is 6.20 Å². The van der Waals surface area contributed by atoms with Crippen molar-refractivity contribution in [3.63, 3.8) is 0 Å². The molecule has 0 bridgehead atoms. The van der Waals surface area contributed by atoms with Crippen LogP contribution in [-0.4, -0.2) is 10.8 Å². The molecule has 0 aliphatic rings. The average molecular weight is 249 g/mol. The summed E-state index contributed by atoms with van der Waals surface area (Å²) in [6.45, 7) is 1.38. The number of benzene rings is 1. The van der Waals surface area contributed by atoms with E-state index in [1.807, 2.05) is 0 Å². The smallest absolute Gasteiger partial charge is 0.201 e. The van der Waals surface area contributed by atoms with Gasteiger partial charge in [0, 0.05) is 6.92 Å². The second kappa shape index (κ2) is 4.91. The van der Waals surface area contributed by atoms with Gasteiger partial charge >= 0.3 is 0 Å². The lowest BCUT2D eigenvalue weighted by atomic mass is 10.3. The van der Waals surface area contributed by atoms with Crippen LogP contribution in [0.2, 0.25) is 0 Å². The molecule has 2 aromatic rings. The number of carbonyl (C=O) groups excluding carboxylic acids is 1. The third kappa shape index (κ3) is 2.51. The van der Waals surface area contributed by atoms with Crippen molar-refractivity contribution >= 4 is 5.78 Å². The Labute approximate surface area is 102 Å². The Hall–Kier alpha value is -2.30. The van der Waals surface area contributed by atoms with Crippen LogP contribution in [0, 0.1) is 11.6 Å². The Kier molecular flexibility index (Phi) is 3.32. The maximum Gasteiger partial charge on any atom is 0.201 e. The summed E-state index contributed by atoms with van der Waals surface area (Å²) in [5.41, 5.74) is 0.280. The summed E-state index contributed by atoms with van der Waals surface area (Å²) in [6.07, 6.45) is 1.28. The fourth-order valence-electron chi connectivity index (χ4n) is 1.34. The van der Waals surface area contributed by atoms with Crippen molar-refractivity contribution in [1.29, 1.82) is 0 Å². The van der Waals surface area contributed by atoms with Crippen LogP contribution in [0.4, 0.5) is 8.78 Å². The SMILES string of the molecule is CC(=O)c1ccc(Oc2cccc(F)c2F)cn1. The average Bonchev–Trinajstić information content (AvgIpc) is 2.36. The standard InChI is InChI=1S/C13H9F2NO2/c1-8(17)11-6-5-9(7-16-11)18-12-4-2-3-10(14)13(12)15/h2-7H,1H3. The summed E-state index contributed by atoms with van der Waals surface area (Å²) in [5, 5.41) is 0. The van der Waals surface area contributed by atoms with E-state index in [0.717, 1.165) is 6.07 Å². The predicted octanol–water partition coefficient (Wildman–Crippen LogP) is 3.35. The molecule has 0 atom stereocenters. The first-order valence-electron chi connectivity index (χ1n) is 5.17. The van der Waals surface area contributed by atoms with Crippen molar-refractivity contribution in [2.45, 2.75) is 6.92 Å². The molecule has 2 rings (SSSR count). The van der Waals surface area contributed by atoms with Gasteiger partial charge in [-0.3, -0.25) is 4.79 Å². The Morgan fingerprint density at radius 1 is 1.22 bits per heavy atom. The van der Waals surface area contributed by atoms with Crippen LogP contribution < -0.4 is 4.74 Å². The van der Waals surface area contributed by atoms with E-state index in [9.17, 15) is 13.6 Å². The normalized spacial score (nSPS) is 10.2. The van der Waals surface area contributed by atoms with Gasteiger partial charge < -0.3 is 4.74 Å². The largest absolute Gasteiger partial charge is 0.453 e. The third-order valence-corrected chi connectivity index (χ3v) is 2.24. The van der Waals surface area contributed by atoms with Crippen LogP contribution in [0.5, 0.6) is 11.5 Å². The van der Waals surface area contributed by atoms with Crippen molar-refractivity contribution in [2.75, 3.05) is 0 Å². The quantitative estimate of drug-likeness (QED) is 0.783. The Balaban J connectivity index is 2.24. The molecule has 3 nitrogen and oxygen atoms in total. The highest BCUT2D eigenvalue weighted by Crippen LogP contribution is 2.25. The highest BCUT2D eigenvalue weighted by molar-refractivity contribution is 5.92. The number of hydrogen-bond donors (Lipinski definition) is 0. The number of ketones is 1. The molecular weight excluding hydrogens is 240 g/mol. The number of nitrogens with zero attached hydrogens (tertiary/aromatic N) is 1. The summed E-state index contributed by atoms with van der Waals surface area (Å²) in [7, 11) is 0. The van der Waals surface area contributed by atoms with Gasteiger partial charge in [0.1, 0.15) is 11.4 Å². The van der Waals surface area contributed by atoms with Crippen LogP contribution in [0.15, 0.2) is 36.5 Å². The molecule has 0 unspecified atom stereocenters. The minimum Gasteiger partial charge on any atom is -0.453 e. The first-order chi connectivity index (χ1) is 8.58. The van der Waals surface area contributed by atoms with E-state index in [-0.39, 0.29) is 23.0 Å². The van der Waals surface area contributed by atoms with Gasteiger partial charge in [0.15, 0.2) is 17.3 Å². The molecule has 1 aromatic carbocycles. The topological polar surface area (TPSA) is 39.2 Å². The molecule has 0 saturated heterocycles. The van der Waals surface area contributed by atoms with Crippen LogP contribution in [-0.2, 0) is 0 Å². The molecule has 0 spiro atoms. The van der Waals surface area contributed by atoms with E-state index in [0.29, 0.717) is 0 Å². The molecule has 0 fully saturated rings. The maximum atomic E-state index is 13.3. The molecule has 0 amide bonds. The Morgan fingerprint density at radius 3 is 2.61 bits per heavy atom. The molecular formula is C13H9F2NO2. The summed E-state index contributed by atoms with van der Waals surface area (Å²) in [5.74, 6) is -2.23. The highest BCUT2D eigenvalue weighted by atomic mass is 19.2. The van der Waals surface area contributed by atoms with E-state index in [2.05, 4.69) is 4.98 Å².